The number of aryl methyl sites for hydroxylation is 2. The van der Waals surface area contributed by atoms with Gasteiger partial charge in [-0.15, -0.1) is 0 Å². The van der Waals surface area contributed by atoms with Crippen molar-refractivity contribution in [1.82, 2.24) is 10.3 Å². The lowest BCUT2D eigenvalue weighted by atomic mass is 9.87. The molecule has 0 spiro atoms. The topological polar surface area (TPSA) is 81.1 Å². The second kappa shape index (κ2) is 8.07. The summed E-state index contributed by atoms with van der Waals surface area (Å²) in [6.45, 7) is 0. The van der Waals surface area contributed by atoms with E-state index in [0.717, 1.165) is 30.5 Å². The number of oxazole rings is 1. The Labute approximate surface area is 168 Å². The Morgan fingerprint density at radius 3 is 2.89 bits per heavy atom. The maximum atomic E-state index is 12.5. The molecular weight excluding hydrogens is 374 g/mol. The van der Waals surface area contributed by atoms with Crippen molar-refractivity contribution in [3.63, 3.8) is 0 Å². The smallest absolute Gasteiger partial charge is 0.220 e. The van der Waals surface area contributed by atoms with Gasteiger partial charge >= 0.3 is 0 Å². The molecule has 0 saturated heterocycles. The Bertz CT molecular complexity index is 982. The summed E-state index contributed by atoms with van der Waals surface area (Å²) in [5.74, 6) is 1.23. The van der Waals surface area contributed by atoms with Crippen LogP contribution in [-0.4, -0.2) is 10.9 Å². The second-order valence-electron chi connectivity index (χ2n) is 7.10. The Balaban J connectivity index is 1.35. The van der Waals surface area contributed by atoms with Gasteiger partial charge in [-0.2, -0.15) is 0 Å². The van der Waals surface area contributed by atoms with Crippen LogP contribution in [0.25, 0.3) is 11.3 Å². The summed E-state index contributed by atoms with van der Waals surface area (Å²) in [6, 6.07) is 13.4. The predicted octanol–water partition coefficient (Wildman–Crippen LogP) is 4.70. The Morgan fingerprint density at radius 2 is 2.07 bits per heavy atom. The molecule has 0 fully saturated rings. The van der Waals surface area contributed by atoms with Gasteiger partial charge in [0.1, 0.15) is 0 Å². The van der Waals surface area contributed by atoms with E-state index >= 15 is 0 Å². The highest BCUT2D eigenvalue weighted by Gasteiger charge is 2.22. The average Bonchev–Trinajstić information content (AvgIpc) is 3.16. The lowest BCUT2D eigenvalue weighted by molar-refractivity contribution is -0.122. The van der Waals surface area contributed by atoms with Crippen LogP contribution in [0.2, 0.25) is 5.02 Å². The summed E-state index contributed by atoms with van der Waals surface area (Å²) in [5, 5.41) is 3.82. The fourth-order valence-corrected chi connectivity index (χ4v) is 3.77. The summed E-state index contributed by atoms with van der Waals surface area (Å²) >= 11 is 5.91. The van der Waals surface area contributed by atoms with Gasteiger partial charge in [0.15, 0.2) is 11.7 Å². The van der Waals surface area contributed by atoms with Crippen LogP contribution in [0.15, 0.2) is 53.1 Å². The Kier molecular flexibility index (Phi) is 5.35. The number of nitrogens with one attached hydrogen (secondary N) is 1. The monoisotopic (exact) mass is 395 g/mol. The van der Waals surface area contributed by atoms with Crippen molar-refractivity contribution < 1.29 is 9.21 Å². The third kappa shape index (κ3) is 4.20. The average molecular weight is 396 g/mol. The molecule has 5 nitrogen and oxygen atoms in total. The number of anilines is 1. The highest BCUT2D eigenvalue weighted by molar-refractivity contribution is 6.30. The van der Waals surface area contributed by atoms with Crippen molar-refractivity contribution in [3.05, 3.63) is 70.7 Å². The van der Waals surface area contributed by atoms with Crippen molar-refractivity contribution in [2.45, 2.75) is 38.1 Å². The first-order valence-electron chi connectivity index (χ1n) is 9.47. The molecule has 28 heavy (non-hydrogen) atoms. The zero-order valence-corrected chi connectivity index (χ0v) is 16.2. The van der Waals surface area contributed by atoms with Gasteiger partial charge in [0.2, 0.25) is 5.91 Å². The van der Waals surface area contributed by atoms with Gasteiger partial charge < -0.3 is 15.5 Å². The molecule has 2 aromatic carbocycles. The third-order valence-corrected chi connectivity index (χ3v) is 5.32. The minimum atomic E-state index is 0.000850. The van der Waals surface area contributed by atoms with Crippen LogP contribution in [0.4, 0.5) is 5.69 Å². The third-order valence-electron chi connectivity index (χ3n) is 5.06. The molecular formula is C22H22ClN3O2. The lowest BCUT2D eigenvalue weighted by Gasteiger charge is -2.26. The van der Waals surface area contributed by atoms with Gasteiger partial charge in [-0.1, -0.05) is 17.7 Å². The molecule has 3 aromatic rings. The van der Waals surface area contributed by atoms with Crippen LogP contribution in [0.3, 0.4) is 0 Å². The summed E-state index contributed by atoms with van der Waals surface area (Å²) < 4.78 is 5.77. The van der Waals surface area contributed by atoms with E-state index in [1.165, 1.54) is 11.1 Å². The van der Waals surface area contributed by atoms with Crippen molar-refractivity contribution >= 4 is 23.2 Å². The molecule has 144 valence electrons. The number of carbonyl (C=O) groups is 1. The van der Waals surface area contributed by atoms with E-state index in [1.807, 2.05) is 42.5 Å². The van der Waals surface area contributed by atoms with E-state index in [9.17, 15) is 4.79 Å². The normalized spacial score (nSPS) is 15.8. The van der Waals surface area contributed by atoms with Crippen molar-refractivity contribution in [3.8, 4) is 11.3 Å². The maximum absolute atomic E-state index is 12.5. The Morgan fingerprint density at radius 1 is 1.25 bits per heavy atom. The minimum absolute atomic E-state index is 0.000850. The summed E-state index contributed by atoms with van der Waals surface area (Å²) in [7, 11) is 0. The first-order valence-corrected chi connectivity index (χ1v) is 9.84. The summed E-state index contributed by atoms with van der Waals surface area (Å²) in [5.41, 5.74) is 9.97. The van der Waals surface area contributed by atoms with Gasteiger partial charge in [0.25, 0.3) is 0 Å². The number of nitrogens with zero attached hydrogens (tertiary/aromatic N) is 1. The van der Waals surface area contributed by atoms with E-state index in [4.69, 9.17) is 21.8 Å². The van der Waals surface area contributed by atoms with Crippen molar-refractivity contribution in [2.24, 2.45) is 0 Å². The minimum Gasteiger partial charge on any atom is -0.441 e. The van der Waals surface area contributed by atoms with Gasteiger partial charge in [0.05, 0.1) is 12.2 Å². The first-order chi connectivity index (χ1) is 13.6. The molecule has 1 aliphatic rings. The molecule has 1 heterocycles. The number of fused-ring (bicyclic) bond motifs is 1. The van der Waals surface area contributed by atoms with Crippen LogP contribution >= 0.6 is 11.6 Å². The molecule has 0 radical (unpaired) electrons. The number of nitrogens with two attached hydrogens (primary N) is 1. The van der Waals surface area contributed by atoms with Crippen molar-refractivity contribution in [1.29, 1.82) is 0 Å². The van der Waals surface area contributed by atoms with Crippen LogP contribution < -0.4 is 11.1 Å². The largest absolute Gasteiger partial charge is 0.441 e. The molecule has 6 heteroatoms. The van der Waals surface area contributed by atoms with Crippen LogP contribution in [-0.2, 0) is 17.6 Å². The quantitative estimate of drug-likeness (QED) is 0.613. The fraction of sp³-hybridized carbons (Fsp3) is 0.273. The summed E-state index contributed by atoms with van der Waals surface area (Å²) in [6.07, 6.45) is 5.48. The highest BCUT2D eigenvalue weighted by Crippen LogP contribution is 2.31. The first kappa shape index (κ1) is 18.6. The molecule has 1 amide bonds. The molecule has 0 bridgehead atoms. The number of nitrogen functional groups attached to an aromatic ring is 1. The molecule has 0 saturated carbocycles. The maximum Gasteiger partial charge on any atom is 0.220 e. The number of rotatable bonds is 5. The van der Waals surface area contributed by atoms with Gasteiger partial charge in [-0.05, 0) is 66.8 Å². The zero-order valence-electron chi connectivity index (χ0n) is 15.5. The lowest BCUT2D eigenvalue weighted by Crippen LogP contribution is -2.31. The molecule has 1 unspecified atom stereocenters. The van der Waals surface area contributed by atoms with Crippen LogP contribution in [0, 0.1) is 0 Å². The van der Waals surface area contributed by atoms with E-state index in [0.29, 0.717) is 29.5 Å². The highest BCUT2D eigenvalue weighted by atomic mass is 35.5. The fourth-order valence-electron chi connectivity index (χ4n) is 3.64. The van der Waals surface area contributed by atoms with E-state index < -0.39 is 0 Å². The number of halogens is 1. The second-order valence-corrected chi connectivity index (χ2v) is 7.53. The molecule has 1 atom stereocenters. The molecule has 1 aromatic heterocycles. The number of hydrogen-bond acceptors (Lipinski definition) is 4. The van der Waals surface area contributed by atoms with Crippen molar-refractivity contribution in [2.75, 3.05) is 5.73 Å². The molecule has 3 N–H and O–H groups in total. The number of amides is 1. The predicted molar refractivity (Wildman–Crippen MR) is 110 cm³/mol. The van der Waals surface area contributed by atoms with Gasteiger partial charge in [-0.3, -0.25) is 4.79 Å². The van der Waals surface area contributed by atoms with Gasteiger partial charge in [0, 0.05) is 29.1 Å². The van der Waals surface area contributed by atoms with E-state index in [1.54, 1.807) is 6.20 Å². The summed E-state index contributed by atoms with van der Waals surface area (Å²) in [4.78, 5) is 16.7. The molecule has 0 aliphatic heterocycles. The SMILES string of the molecule is Nc1ccc2c(c1)CCCC2NC(=O)CCc1ncc(-c2ccc(Cl)cc2)o1. The van der Waals surface area contributed by atoms with Gasteiger partial charge in [-0.25, -0.2) is 4.98 Å². The Hall–Kier alpha value is -2.79. The van der Waals surface area contributed by atoms with Crippen LogP contribution in [0.1, 0.15) is 42.3 Å². The number of carbonyl (C=O) groups excluding carboxylic acids is 1. The standard InChI is InChI=1S/C22H22ClN3O2/c23-16-6-4-14(5-7-16)20-13-25-22(28-20)11-10-21(27)26-19-3-1-2-15-12-17(24)8-9-18(15)19/h4-9,12-13,19H,1-3,10-11,24H2,(H,26,27). The molecule has 4 rings (SSSR count). The van der Waals surface area contributed by atoms with E-state index in [-0.39, 0.29) is 11.9 Å². The van der Waals surface area contributed by atoms with Crippen LogP contribution in [0.5, 0.6) is 0 Å². The zero-order chi connectivity index (χ0) is 19.5. The molecule has 1 aliphatic carbocycles. The number of benzene rings is 2. The van der Waals surface area contributed by atoms with E-state index in [2.05, 4.69) is 10.3 Å². The number of aromatic nitrogens is 1. The number of hydrogen-bond donors (Lipinski definition) is 2.